The van der Waals surface area contributed by atoms with Crippen LogP contribution in [0.2, 0.25) is 0 Å². The van der Waals surface area contributed by atoms with Gasteiger partial charge in [-0.25, -0.2) is 4.98 Å². The van der Waals surface area contributed by atoms with E-state index in [1.165, 1.54) is 0 Å². The van der Waals surface area contributed by atoms with Crippen LogP contribution >= 0.6 is 11.3 Å². The summed E-state index contributed by atoms with van der Waals surface area (Å²) in [5.41, 5.74) is 8.31. The Morgan fingerprint density at radius 1 is 1.29 bits per heavy atom. The van der Waals surface area contributed by atoms with Gasteiger partial charge in [-0.15, -0.1) is 11.3 Å². The van der Waals surface area contributed by atoms with Crippen molar-refractivity contribution < 1.29 is 4.79 Å². The molecule has 1 atom stereocenters. The maximum atomic E-state index is 11.2. The van der Waals surface area contributed by atoms with E-state index in [-0.39, 0.29) is 17.2 Å². The maximum Gasteiger partial charge on any atom is 0.224 e. The molecule has 0 aliphatic rings. The number of carbonyl (C=O) groups is 1. The third kappa shape index (κ3) is 3.82. The lowest BCUT2D eigenvalue weighted by Gasteiger charge is -2.14. The van der Waals surface area contributed by atoms with Gasteiger partial charge in [0.05, 0.1) is 11.6 Å². The van der Waals surface area contributed by atoms with E-state index in [2.05, 4.69) is 36.5 Å². The fourth-order valence-electron chi connectivity index (χ4n) is 1.82. The van der Waals surface area contributed by atoms with E-state index >= 15 is 0 Å². The first-order valence-electron chi connectivity index (χ1n) is 6.89. The first kappa shape index (κ1) is 15.5. The van der Waals surface area contributed by atoms with Gasteiger partial charge in [0.1, 0.15) is 0 Å². The summed E-state index contributed by atoms with van der Waals surface area (Å²) < 4.78 is 0. The Bertz CT molecular complexity index is 626. The van der Waals surface area contributed by atoms with Gasteiger partial charge in [0.25, 0.3) is 0 Å². The van der Waals surface area contributed by atoms with Crippen LogP contribution in [0.15, 0.2) is 29.6 Å². The number of primary amides is 1. The number of hydrogen-bond donors (Lipinski definition) is 2. The summed E-state index contributed by atoms with van der Waals surface area (Å²) >= 11 is 1.59. The van der Waals surface area contributed by atoms with Gasteiger partial charge in [-0.3, -0.25) is 4.79 Å². The Balaban J connectivity index is 2.10. The zero-order valence-electron chi connectivity index (χ0n) is 12.8. The van der Waals surface area contributed by atoms with Crippen molar-refractivity contribution in [3.8, 4) is 0 Å². The Morgan fingerprint density at radius 2 is 1.90 bits per heavy atom. The molecule has 2 rings (SSSR count). The number of nitrogens with two attached hydrogens (primary N) is 1. The lowest BCUT2D eigenvalue weighted by Crippen LogP contribution is -2.18. The first-order valence-corrected chi connectivity index (χ1v) is 7.77. The van der Waals surface area contributed by atoms with Gasteiger partial charge >= 0.3 is 0 Å². The number of aromatic nitrogens is 1. The summed E-state index contributed by atoms with van der Waals surface area (Å²) in [6.45, 7) is 8.24. The molecule has 0 spiro atoms. The molecule has 0 aliphatic heterocycles. The molecule has 0 aliphatic carbocycles. The SMILES string of the molecule is C[C@H](C(N)=O)c1ccc(Nc2nc(C(C)(C)C)cs2)cc1. The molecule has 1 heterocycles. The van der Waals surface area contributed by atoms with E-state index in [0.29, 0.717) is 0 Å². The Labute approximate surface area is 129 Å². The molecule has 0 fully saturated rings. The van der Waals surface area contributed by atoms with Gasteiger partial charge in [-0.05, 0) is 24.6 Å². The maximum absolute atomic E-state index is 11.2. The van der Waals surface area contributed by atoms with Gasteiger partial charge in [-0.1, -0.05) is 32.9 Å². The molecule has 2 aromatic rings. The summed E-state index contributed by atoms with van der Waals surface area (Å²) in [5, 5.41) is 6.23. The molecule has 21 heavy (non-hydrogen) atoms. The third-order valence-corrected chi connectivity index (χ3v) is 4.12. The number of amides is 1. The minimum absolute atomic E-state index is 0.0528. The minimum Gasteiger partial charge on any atom is -0.369 e. The lowest BCUT2D eigenvalue weighted by atomic mass is 9.93. The molecule has 0 saturated carbocycles. The van der Waals surface area contributed by atoms with Crippen LogP contribution in [0.4, 0.5) is 10.8 Å². The number of nitrogens with one attached hydrogen (secondary N) is 1. The van der Waals surface area contributed by atoms with Crippen molar-refractivity contribution >= 4 is 28.1 Å². The third-order valence-electron chi connectivity index (χ3n) is 3.36. The Morgan fingerprint density at radius 3 is 2.38 bits per heavy atom. The van der Waals surface area contributed by atoms with Crippen LogP contribution in [0, 0.1) is 0 Å². The van der Waals surface area contributed by atoms with E-state index in [4.69, 9.17) is 5.73 Å². The van der Waals surface area contributed by atoms with Crippen LogP contribution in [0.25, 0.3) is 0 Å². The average Bonchev–Trinajstić information content (AvgIpc) is 2.87. The second-order valence-electron chi connectivity index (χ2n) is 6.16. The monoisotopic (exact) mass is 303 g/mol. The number of carbonyl (C=O) groups excluding carboxylic acids is 1. The average molecular weight is 303 g/mol. The predicted octanol–water partition coefficient (Wildman–Crippen LogP) is 3.77. The number of rotatable bonds is 4. The van der Waals surface area contributed by atoms with Crippen molar-refractivity contribution in [2.24, 2.45) is 5.73 Å². The smallest absolute Gasteiger partial charge is 0.224 e. The molecule has 0 unspecified atom stereocenters. The van der Waals surface area contributed by atoms with Crippen molar-refractivity contribution in [2.75, 3.05) is 5.32 Å². The van der Waals surface area contributed by atoms with Gasteiger partial charge in [0, 0.05) is 16.5 Å². The summed E-state index contributed by atoms with van der Waals surface area (Å²) in [4.78, 5) is 15.8. The quantitative estimate of drug-likeness (QED) is 0.903. The molecule has 3 N–H and O–H groups in total. The van der Waals surface area contributed by atoms with E-state index in [0.717, 1.165) is 22.1 Å². The highest BCUT2D eigenvalue weighted by Gasteiger charge is 2.17. The lowest BCUT2D eigenvalue weighted by molar-refractivity contribution is -0.119. The number of thiazole rings is 1. The number of anilines is 2. The van der Waals surface area contributed by atoms with Crippen molar-refractivity contribution in [3.63, 3.8) is 0 Å². The van der Waals surface area contributed by atoms with Crippen LogP contribution in [-0.2, 0) is 10.2 Å². The fourth-order valence-corrected chi connectivity index (χ4v) is 2.78. The van der Waals surface area contributed by atoms with E-state index in [1.807, 2.05) is 24.3 Å². The van der Waals surface area contributed by atoms with E-state index < -0.39 is 0 Å². The molecular weight excluding hydrogens is 282 g/mol. The topological polar surface area (TPSA) is 68.0 Å². The summed E-state index contributed by atoms with van der Waals surface area (Å²) in [6.07, 6.45) is 0. The van der Waals surface area contributed by atoms with Crippen molar-refractivity contribution in [1.29, 1.82) is 0 Å². The molecule has 1 amide bonds. The van der Waals surface area contributed by atoms with Crippen LogP contribution in [0.5, 0.6) is 0 Å². The zero-order valence-corrected chi connectivity index (χ0v) is 13.6. The minimum atomic E-state index is -0.314. The number of nitrogens with zero attached hydrogens (tertiary/aromatic N) is 1. The summed E-state index contributed by atoms with van der Waals surface area (Å²) in [5.74, 6) is -0.586. The largest absolute Gasteiger partial charge is 0.369 e. The van der Waals surface area contributed by atoms with Gasteiger partial charge in [0.15, 0.2) is 5.13 Å². The van der Waals surface area contributed by atoms with Crippen LogP contribution in [-0.4, -0.2) is 10.9 Å². The fraction of sp³-hybridized carbons (Fsp3) is 0.375. The molecule has 112 valence electrons. The highest BCUT2D eigenvalue weighted by Crippen LogP contribution is 2.28. The molecule has 5 heteroatoms. The van der Waals surface area contributed by atoms with E-state index in [1.54, 1.807) is 18.3 Å². The van der Waals surface area contributed by atoms with Crippen LogP contribution in [0.1, 0.15) is 44.9 Å². The highest BCUT2D eigenvalue weighted by atomic mass is 32.1. The van der Waals surface area contributed by atoms with Crippen molar-refractivity contribution in [1.82, 2.24) is 4.98 Å². The second-order valence-corrected chi connectivity index (χ2v) is 7.02. The van der Waals surface area contributed by atoms with Gasteiger partial charge < -0.3 is 11.1 Å². The molecule has 0 saturated heterocycles. The number of benzene rings is 1. The van der Waals surface area contributed by atoms with Crippen molar-refractivity contribution in [3.05, 3.63) is 40.9 Å². The molecule has 1 aromatic heterocycles. The highest BCUT2D eigenvalue weighted by molar-refractivity contribution is 7.13. The van der Waals surface area contributed by atoms with Gasteiger partial charge in [0.2, 0.25) is 5.91 Å². The zero-order chi connectivity index (χ0) is 15.6. The van der Waals surface area contributed by atoms with E-state index in [9.17, 15) is 4.79 Å². The second kappa shape index (κ2) is 5.85. The first-order chi connectivity index (χ1) is 9.77. The Hall–Kier alpha value is -1.88. The molecule has 0 radical (unpaired) electrons. The summed E-state index contributed by atoms with van der Waals surface area (Å²) in [7, 11) is 0. The summed E-state index contributed by atoms with van der Waals surface area (Å²) in [6, 6.07) is 7.70. The molecular formula is C16H21N3OS. The standard InChI is InChI=1S/C16H21N3OS/c1-10(14(17)20)11-5-7-12(8-6-11)18-15-19-13(9-21-15)16(2,3)4/h5-10H,1-4H3,(H2,17,20)(H,18,19)/t10-/m0/s1. The van der Waals surface area contributed by atoms with Crippen LogP contribution < -0.4 is 11.1 Å². The van der Waals surface area contributed by atoms with Crippen LogP contribution in [0.3, 0.4) is 0 Å². The van der Waals surface area contributed by atoms with Crippen molar-refractivity contribution in [2.45, 2.75) is 39.0 Å². The normalized spacial score (nSPS) is 13.0. The number of hydrogen-bond acceptors (Lipinski definition) is 4. The Kier molecular flexibility index (Phi) is 4.32. The van der Waals surface area contributed by atoms with Gasteiger partial charge in [-0.2, -0.15) is 0 Å². The molecule has 0 bridgehead atoms. The predicted molar refractivity (Wildman–Crippen MR) is 88.1 cm³/mol. The molecule has 1 aromatic carbocycles. The molecule has 4 nitrogen and oxygen atoms in total.